The molecule has 0 aliphatic carbocycles. The largest absolute Gasteiger partial charge is 0.459 e. The molecule has 2 amide bonds. The van der Waals surface area contributed by atoms with Crippen molar-refractivity contribution < 1.29 is 14.0 Å². The lowest BCUT2D eigenvalue weighted by atomic mass is 10.1. The minimum Gasteiger partial charge on any atom is -0.459 e. The van der Waals surface area contributed by atoms with Crippen molar-refractivity contribution in [2.45, 2.75) is 10.1 Å². The van der Waals surface area contributed by atoms with Gasteiger partial charge in [0, 0.05) is 15.6 Å². The third-order valence-corrected chi connectivity index (χ3v) is 6.47. The van der Waals surface area contributed by atoms with Crippen LogP contribution in [-0.4, -0.2) is 11.8 Å². The van der Waals surface area contributed by atoms with Gasteiger partial charge in [-0.15, -0.1) is 11.8 Å². The molecular formula is C25H18Cl2N2O3S. The number of furan rings is 1. The summed E-state index contributed by atoms with van der Waals surface area (Å²) < 4.78 is 5.11. The van der Waals surface area contributed by atoms with Crippen molar-refractivity contribution in [3.8, 4) is 0 Å². The Bertz CT molecular complexity index is 1250. The first-order valence-corrected chi connectivity index (χ1v) is 11.6. The zero-order valence-corrected chi connectivity index (χ0v) is 19.5. The number of hydrogen-bond acceptors (Lipinski definition) is 4. The fraction of sp³-hybridized carbons (Fsp3) is 0.0400. The predicted octanol–water partition coefficient (Wildman–Crippen LogP) is 7.31. The third kappa shape index (κ3) is 5.99. The molecule has 8 heteroatoms. The first-order chi connectivity index (χ1) is 16.0. The molecule has 1 unspecified atom stereocenters. The van der Waals surface area contributed by atoms with Crippen molar-refractivity contribution in [1.82, 2.24) is 0 Å². The molecule has 0 aliphatic heterocycles. The van der Waals surface area contributed by atoms with Crippen LogP contribution in [0.25, 0.3) is 0 Å². The number of amides is 2. The lowest BCUT2D eigenvalue weighted by Crippen LogP contribution is -2.19. The van der Waals surface area contributed by atoms with Crippen molar-refractivity contribution in [3.63, 3.8) is 0 Å². The molecule has 1 aromatic heterocycles. The van der Waals surface area contributed by atoms with Crippen LogP contribution in [0.3, 0.4) is 0 Å². The van der Waals surface area contributed by atoms with Gasteiger partial charge in [0.15, 0.2) is 5.76 Å². The molecular weight excluding hydrogens is 479 g/mol. The smallest absolute Gasteiger partial charge is 0.291 e. The summed E-state index contributed by atoms with van der Waals surface area (Å²) in [4.78, 5) is 26.2. The second-order valence-electron chi connectivity index (χ2n) is 6.98. The van der Waals surface area contributed by atoms with Crippen molar-refractivity contribution in [1.29, 1.82) is 0 Å². The van der Waals surface area contributed by atoms with Crippen LogP contribution in [0.1, 0.15) is 21.4 Å². The van der Waals surface area contributed by atoms with E-state index in [1.165, 1.54) is 18.0 Å². The van der Waals surface area contributed by atoms with E-state index >= 15 is 0 Å². The van der Waals surface area contributed by atoms with E-state index in [0.717, 1.165) is 10.5 Å². The number of benzene rings is 3. The average molecular weight is 497 g/mol. The Morgan fingerprint density at radius 3 is 2.30 bits per heavy atom. The van der Waals surface area contributed by atoms with Gasteiger partial charge in [-0.25, -0.2) is 0 Å². The number of anilines is 2. The van der Waals surface area contributed by atoms with E-state index in [0.29, 0.717) is 21.4 Å². The van der Waals surface area contributed by atoms with Crippen LogP contribution < -0.4 is 10.6 Å². The number of hydrogen-bond donors (Lipinski definition) is 2. The van der Waals surface area contributed by atoms with Gasteiger partial charge in [-0.05, 0) is 60.2 Å². The standard InChI is InChI=1S/C25H18Cl2N2O3S/c26-17-8-13-20(27)21(15-17)29-25(31)23(16-5-2-1-3-6-16)33-19-11-9-18(10-12-19)28-24(30)22-7-4-14-32-22/h1-15,23H,(H,28,30)(H,29,31). The zero-order chi connectivity index (χ0) is 23.2. The summed E-state index contributed by atoms with van der Waals surface area (Å²) in [5.41, 5.74) is 1.91. The summed E-state index contributed by atoms with van der Waals surface area (Å²) in [7, 11) is 0. The molecule has 5 nitrogen and oxygen atoms in total. The first-order valence-electron chi connectivity index (χ1n) is 9.92. The number of rotatable bonds is 7. The molecule has 0 spiro atoms. The van der Waals surface area contributed by atoms with Crippen LogP contribution in [0, 0.1) is 0 Å². The summed E-state index contributed by atoms with van der Waals surface area (Å²) in [5, 5.41) is 6.00. The van der Waals surface area contributed by atoms with E-state index in [4.69, 9.17) is 27.6 Å². The van der Waals surface area contributed by atoms with Gasteiger partial charge in [0.2, 0.25) is 5.91 Å². The van der Waals surface area contributed by atoms with Crippen molar-refractivity contribution >= 4 is 58.2 Å². The molecule has 4 rings (SSSR count). The normalized spacial score (nSPS) is 11.6. The topological polar surface area (TPSA) is 71.3 Å². The van der Waals surface area contributed by atoms with Crippen molar-refractivity contribution in [2.24, 2.45) is 0 Å². The van der Waals surface area contributed by atoms with E-state index in [2.05, 4.69) is 10.6 Å². The Kier molecular flexibility index (Phi) is 7.40. The quantitative estimate of drug-likeness (QED) is 0.263. The molecule has 0 fully saturated rings. The number of carbonyl (C=O) groups is 2. The second-order valence-corrected chi connectivity index (χ2v) is 9.00. The molecule has 1 atom stereocenters. The van der Waals surface area contributed by atoms with Gasteiger partial charge in [0.05, 0.1) is 17.0 Å². The van der Waals surface area contributed by atoms with E-state index in [1.54, 1.807) is 42.5 Å². The molecule has 3 aromatic carbocycles. The van der Waals surface area contributed by atoms with Crippen molar-refractivity contribution in [3.05, 3.63) is 113 Å². The molecule has 166 valence electrons. The Morgan fingerprint density at radius 2 is 1.61 bits per heavy atom. The lowest BCUT2D eigenvalue weighted by molar-refractivity contribution is -0.115. The van der Waals surface area contributed by atoms with Crippen LogP contribution in [0.4, 0.5) is 11.4 Å². The maximum Gasteiger partial charge on any atom is 0.291 e. The van der Waals surface area contributed by atoms with Crippen molar-refractivity contribution in [2.75, 3.05) is 10.6 Å². The molecule has 0 aliphatic rings. The Balaban J connectivity index is 1.51. The Morgan fingerprint density at radius 1 is 0.848 bits per heavy atom. The highest BCUT2D eigenvalue weighted by molar-refractivity contribution is 8.00. The maximum atomic E-state index is 13.2. The molecule has 0 bridgehead atoms. The van der Waals surface area contributed by atoms with E-state index < -0.39 is 5.25 Å². The van der Waals surface area contributed by atoms with E-state index in [1.807, 2.05) is 42.5 Å². The van der Waals surface area contributed by atoms with Gasteiger partial charge in [-0.1, -0.05) is 53.5 Å². The Labute approximate surface area is 205 Å². The van der Waals surface area contributed by atoms with Crippen LogP contribution in [-0.2, 0) is 4.79 Å². The van der Waals surface area contributed by atoms with Gasteiger partial charge in [0.1, 0.15) is 5.25 Å². The number of thioether (sulfide) groups is 1. The number of nitrogens with one attached hydrogen (secondary N) is 2. The van der Waals surface area contributed by atoms with E-state index in [9.17, 15) is 9.59 Å². The number of halogens is 2. The molecule has 1 heterocycles. The molecule has 0 radical (unpaired) electrons. The summed E-state index contributed by atoms with van der Waals surface area (Å²) in [5.74, 6) is -0.333. The molecule has 0 saturated carbocycles. The fourth-order valence-electron chi connectivity index (χ4n) is 3.05. The molecule has 2 N–H and O–H groups in total. The summed E-state index contributed by atoms with van der Waals surface area (Å²) in [6, 6.07) is 24.9. The Hall–Kier alpha value is -3.19. The fourth-order valence-corrected chi connectivity index (χ4v) is 4.41. The number of carbonyl (C=O) groups excluding carboxylic acids is 2. The lowest BCUT2D eigenvalue weighted by Gasteiger charge is -2.18. The van der Waals surface area contributed by atoms with Crippen LogP contribution in [0.2, 0.25) is 10.0 Å². The van der Waals surface area contributed by atoms with Crippen LogP contribution in [0.15, 0.2) is 101 Å². The van der Waals surface area contributed by atoms with Gasteiger partial charge in [-0.2, -0.15) is 0 Å². The third-order valence-electron chi connectivity index (χ3n) is 4.64. The zero-order valence-electron chi connectivity index (χ0n) is 17.1. The minimum absolute atomic E-state index is 0.231. The van der Waals surface area contributed by atoms with Gasteiger partial charge < -0.3 is 15.1 Å². The highest BCUT2D eigenvalue weighted by Gasteiger charge is 2.23. The average Bonchev–Trinajstić information content (AvgIpc) is 3.37. The molecule has 33 heavy (non-hydrogen) atoms. The molecule has 4 aromatic rings. The molecule has 0 saturated heterocycles. The highest BCUT2D eigenvalue weighted by Crippen LogP contribution is 2.37. The van der Waals surface area contributed by atoms with Gasteiger partial charge >= 0.3 is 0 Å². The first kappa shape index (κ1) is 23.0. The van der Waals surface area contributed by atoms with E-state index in [-0.39, 0.29) is 17.6 Å². The van der Waals surface area contributed by atoms with Crippen LogP contribution >= 0.6 is 35.0 Å². The SMILES string of the molecule is O=C(Nc1ccc(SC(C(=O)Nc2cc(Cl)ccc2Cl)c2ccccc2)cc1)c1ccco1. The minimum atomic E-state index is -0.537. The highest BCUT2D eigenvalue weighted by atomic mass is 35.5. The second kappa shape index (κ2) is 10.6. The predicted molar refractivity (Wildman–Crippen MR) is 133 cm³/mol. The monoisotopic (exact) mass is 496 g/mol. The van der Waals surface area contributed by atoms with Gasteiger partial charge in [0.25, 0.3) is 5.91 Å². The van der Waals surface area contributed by atoms with Crippen LogP contribution in [0.5, 0.6) is 0 Å². The summed E-state index contributed by atoms with van der Waals surface area (Å²) >= 11 is 13.7. The summed E-state index contributed by atoms with van der Waals surface area (Å²) in [6.45, 7) is 0. The summed E-state index contributed by atoms with van der Waals surface area (Å²) in [6.07, 6.45) is 1.44. The maximum absolute atomic E-state index is 13.2. The van der Waals surface area contributed by atoms with Gasteiger partial charge in [-0.3, -0.25) is 9.59 Å².